The van der Waals surface area contributed by atoms with E-state index in [1.54, 1.807) is 24.3 Å². The monoisotopic (exact) mass is 499 g/mol. The number of Topliss-reactive ketones (excluding diaryl/α,β-unsaturated/α-hetero) is 1. The molecule has 11 heteroatoms. The largest absolute Gasteiger partial charge is 0.507 e. The lowest BCUT2D eigenvalue weighted by Gasteiger charge is -2.34. The first kappa shape index (κ1) is 24.6. The van der Waals surface area contributed by atoms with E-state index in [0.717, 1.165) is 9.21 Å². The van der Waals surface area contributed by atoms with Gasteiger partial charge in [-0.15, -0.1) is 0 Å². The van der Waals surface area contributed by atoms with Crippen LogP contribution in [0.1, 0.15) is 11.1 Å². The van der Waals surface area contributed by atoms with E-state index in [-0.39, 0.29) is 23.6 Å². The Balaban J connectivity index is 2.04. The number of ether oxygens (including phenoxy) is 1. The Hall–Kier alpha value is -3.54. The second-order valence-corrected chi connectivity index (χ2v) is 10.6. The van der Waals surface area contributed by atoms with E-state index in [9.17, 15) is 27.9 Å². The number of aliphatic hydroxyl groups is 1. The van der Waals surface area contributed by atoms with Gasteiger partial charge in [-0.1, -0.05) is 30.3 Å². The number of ketones is 1. The Bertz CT molecular complexity index is 1380. The number of nitrogens with zero attached hydrogens (tertiary/aromatic N) is 3. The quantitative estimate of drug-likeness (QED) is 0.359. The van der Waals surface area contributed by atoms with E-state index < -0.39 is 44.5 Å². The second-order valence-electron chi connectivity index (χ2n) is 8.41. The molecule has 2 aliphatic heterocycles. The van der Waals surface area contributed by atoms with Crippen LogP contribution in [0, 0.1) is 0 Å². The van der Waals surface area contributed by atoms with Crippen LogP contribution in [-0.4, -0.2) is 81.7 Å². The molecule has 184 valence electrons. The number of anilines is 1. The molecule has 10 nitrogen and oxygen atoms in total. The highest BCUT2D eigenvalue weighted by Gasteiger charge is 2.66. The van der Waals surface area contributed by atoms with Gasteiger partial charge in [0.1, 0.15) is 5.76 Å². The lowest BCUT2D eigenvalue weighted by molar-refractivity contribution is -0.144. The third-order valence-corrected chi connectivity index (χ3v) is 8.16. The molecule has 2 amide bonds. The number of para-hydroxylation sites is 1. The van der Waals surface area contributed by atoms with Crippen molar-refractivity contribution in [2.24, 2.45) is 0 Å². The van der Waals surface area contributed by atoms with Crippen LogP contribution < -0.4 is 4.90 Å². The Morgan fingerprint density at radius 2 is 1.77 bits per heavy atom. The highest BCUT2D eigenvalue weighted by Crippen LogP contribution is 2.53. The molecule has 4 rings (SSSR count). The van der Waals surface area contributed by atoms with Gasteiger partial charge < -0.3 is 19.6 Å². The van der Waals surface area contributed by atoms with Gasteiger partial charge in [0.05, 0.1) is 17.1 Å². The standard InChI is InChI=1S/C24H25N3O7S/c1-25(2)35(32,33)16-9-7-8-15(14-16)20(28)19-21(29)22(30)27(12-13-34-4)24(19)17-10-5-6-11-18(17)26(3)23(24)31/h5-11,14,28H,12-13H2,1-4H3/b20-19+/t24-/m0/s1. The highest BCUT2D eigenvalue weighted by molar-refractivity contribution is 7.89. The Morgan fingerprint density at radius 3 is 2.43 bits per heavy atom. The molecule has 1 N–H and O–H groups in total. The van der Waals surface area contributed by atoms with Crippen LogP contribution in [0.4, 0.5) is 5.69 Å². The highest BCUT2D eigenvalue weighted by atomic mass is 32.2. The first-order valence-electron chi connectivity index (χ1n) is 10.7. The van der Waals surface area contributed by atoms with Crippen LogP contribution >= 0.6 is 0 Å². The van der Waals surface area contributed by atoms with Gasteiger partial charge in [0, 0.05) is 51.6 Å². The minimum Gasteiger partial charge on any atom is -0.507 e. The van der Waals surface area contributed by atoms with Crippen LogP contribution in [0.3, 0.4) is 0 Å². The number of likely N-dealkylation sites (tertiary alicyclic amines) is 1. The summed E-state index contributed by atoms with van der Waals surface area (Å²) in [5.74, 6) is -3.23. The van der Waals surface area contributed by atoms with Crippen LogP contribution in [0.2, 0.25) is 0 Å². The van der Waals surface area contributed by atoms with Crippen molar-refractivity contribution in [1.82, 2.24) is 9.21 Å². The zero-order chi connectivity index (χ0) is 25.7. The average Bonchev–Trinajstić information content (AvgIpc) is 3.20. The van der Waals surface area contributed by atoms with Gasteiger partial charge in [-0.2, -0.15) is 0 Å². The predicted molar refractivity (Wildman–Crippen MR) is 127 cm³/mol. The second kappa shape index (κ2) is 8.59. The van der Waals surface area contributed by atoms with Gasteiger partial charge in [-0.3, -0.25) is 14.4 Å². The summed E-state index contributed by atoms with van der Waals surface area (Å²) in [6.45, 7) is -0.0364. The first-order valence-corrected chi connectivity index (χ1v) is 12.1. The summed E-state index contributed by atoms with van der Waals surface area (Å²) >= 11 is 0. The zero-order valence-electron chi connectivity index (χ0n) is 19.7. The fraction of sp³-hybridized carbons (Fsp3) is 0.292. The summed E-state index contributed by atoms with van der Waals surface area (Å²) < 4.78 is 31.4. The average molecular weight is 500 g/mol. The van der Waals surface area contributed by atoms with E-state index in [4.69, 9.17) is 4.74 Å². The van der Waals surface area contributed by atoms with Crippen molar-refractivity contribution in [2.45, 2.75) is 10.4 Å². The summed E-state index contributed by atoms with van der Waals surface area (Å²) in [6, 6.07) is 12.1. The number of likely N-dealkylation sites (N-methyl/N-ethyl adjacent to an activating group) is 1. The number of aliphatic hydroxyl groups excluding tert-OH is 1. The molecular weight excluding hydrogens is 474 g/mol. The number of methoxy groups -OCH3 is 1. The van der Waals surface area contributed by atoms with Gasteiger partial charge in [0.15, 0.2) is 5.54 Å². The molecule has 35 heavy (non-hydrogen) atoms. The van der Waals surface area contributed by atoms with Gasteiger partial charge in [-0.05, 0) is 18.2 Å². The number of carbonyl (C=O) groups is 3. The van der Waals surface area contributed by atoms with Gasteiger partial charge in [0.25, 0.3) is 17.6 Å². The fourth-order valence-electron chi connectivity index (χ4n) is 4.61. The van der Waals surface area contributed by atoms with Crippen molar-refractivity contribution >= 4 is 39.1 Å². The summed E-state index contributed by atoms with van der Waals surface area (Å²) in [4.78, 5) is 42.7. The lowest BCUT2D eigenvalue weighted by Crippen LogP contribution is -2.52. The third kappa shape index (κ3) is 3.38. The number of benzene rings is 2. The van der Waals surface area contributed by atoms with E-state index in [2.05, 4.69) is 0 Å². The fourth-order valence-corrected chi connectivity index (χ4v) is 5.56. The SMILES string of the molecule is COCCN1C(=O)C(=O)/C(=C(\O)c2cccc(S(=O)(=O)N(C)C)c2)[C@@]12C(=O)N(C)c1ccccc12. The van der Waals surface area contributed by atoms with Crippen molar-refractivity contribution in [3.63, 3.8) is 0 Å². The maximum absolute atomic E-state index is 13.8. The molecule has 0 saturated carbocycles. The first-order chi connectivity index (χ1) is 16.5. The Labute approximate surface area is 203 Å². The van der Waals surface area contributed by atoms with Crippen molar-refractivity contribution in [3.8, 4) is 0 Å². The van der Waals surface area contributed by atoms with Crippen molar-refractivity contribution in [1.29, 1.82) is 0 Å². The van der Waals surface area contributed by atoms with Crippen LogP contribution in [0.15, 0.2) is 59.0 Å². The molecule has 0 bridgehead atoms. The molecule has 1 atom stereocenters. The van der Waals surface area contributed by atoms with Crippen LogP contribution in [0.5, 0.6) is 0 Å². The number of fused-ring (bicyclic) bond motifs is 2. The van der Waals surface area contributed by atoms with Crippen molar-refractivity contribution in [3.05, 3.63) is 65.2 Å². The molecule has 0 unspecified atom stereocenters. The number of carbonyl (C=O) groups excluding carboxylic acids is 3. The molecule has 0 aliphatic carbocycles. The van der Waals surface area contributed by atoms with Crippen LogP contribution in [0.25, 0.3) is 5.76 Å². The molecule has 1 saturated heterocycles. The molecule has 0 aromatic heterocycles. The van der Waals surface area contributed by atoms with Crippen LogP contribution in [-0.2, 0) is 34.7 Å². The minimum absolute atomic E-state index is 0.0168. The van der Waals surface area contributed by atoms with Gasteiger partial charge >= 0.3 is 0 Å². The number of hydrogen-bond acceptors (Lipinski definition) is 7. The molecule has 1 spiro atoms. The molecule has 2 aliphatic rings. The number of rotatable bonds is 6. The van der Waals surface area contributed by atoms with Crippen molar-refractivity contribution in [2.75, 3.05) is 46.3 Å². The summed E-state index contributed by atoms with van der Waals surface area (Å²) in [5, 5.41) is 11.4. The summed E-state index contributed by atoms with van der Waals surface area (Å²) in [5.41, 5.74) is -1.51. The van der Waals surface area contributed by atoms with E-state index in [1.807, 2.05) is 0 Å². The lowest BCUT2D eigenvalue weighted by atomic mass is 9.82. The minimum atomic E-state index is -3.85. The van der Waals surface area contributed by atoms with E-state index in [1.165, 1.54) is 57.4 Å². The maximum Gasteiger partial charge on any atom is 0.296 e. The number of amides is 2. The van der Waals surface area contributed by atoms with Gasteiger partial charge in [0.2, 0.25) is 10.0 Å². The predicted octanol–water partition coefficient (Wildman–Crippen LogP) is 1.14. The Morgan fingerprint density at radius 1 is 1.09 bits per heavy atom. The Kier molecular flexibility index (Phi) is 6.04. The molecule has 2 aromatic rings. The molecular formula is C24H25N3O7S. The molecule has 1 fully saturated rings. The van der Waals surface area contributed by atoms with E-state index in [0.29, 0.717) is 11.3 Å². The van der Waals surface area contributed by atoms with Gasteiger partial charge in [-0.25, -0.2) is 12.7 Å². The maximum atomic E-state index is 13.8. The smallest absolute Gasteiger partial charge is 0.296 e. The molecule has 0 radical (unpaired) electrons. The number of hydrogen-bond donors (Lipinski definition) is 1. The normalized spacial score (nSPS) is 21.5. The third-order valence-electron chi connectivity index (χ3n) is 6.34. The topological polar surface area (TPSA) is 125 Å². The van der Waals surface area contributed by atoms with E-state index >= 15 is 0 Å². The molecule has 2 heterocycles. The zero-order valence-corrected chi connectivity index (χ0v) is 20.5. The molecule has 2 aromatic carbocycles. The number of sulfonamides is 1. The van der Waals surface area contributed by atoms with Crippen molar-refractivity contribution < 1.29 is 32.6 Å². The summed E-state index contributed by atoms with van der Waals surface area (Å²) in [6.07, 6.45) is 0. The summed E-state index contributed by atoms with van der Waals surface area (Å²) in [7, 11) is 1.83.